The molecule has 1 unspecified atom stereocenters. The van der Waals surface area contributed by atoms with Gasteiger partial charge in [-0.1, -0.05) is 65.9 Å². The van der Waals surface area contributed by atoms with Gasteiger partial charge in [0.25, 0.3) is 5.56 Å². The van der Waals surface area contributed by atoms with Gasteiger partial charge in [-0.3, -0.25) is 4.79 Å². The molecule has 1 N–H and O–H groups in total. The molecule has 9 heteroatoms. The summed E-state index contributed by atoms with van der Waals surface area (Å²) in [5.74, 6) is 2.04. The van der Waals surface area contributed by atoms with E-state index in [0.29, 0.717) is 21.9 Å². The zero-order valence-electron chi connectivity index (χ0n) is 23.5. The highest BCUT2D eigenvalue weighted by molar-refractivity contribution is 7.17. The molecule has 8 nitrogen and oxygen atoms in total. The average molecular weight is 587 g/mol. The molecule has 0 fully saturated rings. The fourth-order valence-electron chi connectivity index (χ4n) is 6.05. The molecule has 0 bridgehead atoms. The molecule has 0 amide bonds. The number of hydrogen-bond donors (Lipinski definition) is 1. The number of fused-ring (bicyclic) bond motifs is 5. The molecule has 1 aliphatic carbocycles. The fourth-order valence-corrected chi connectivity index (χ4v) is 7.16. The van der Waals surface area contributed by atoms with E-state index in [4.69, 9.17) is 24.3 Å². The van der Waals surface area contributed by atoms with Crippen molar-refractivity contribution in [2.75, 3.05) is 14.2 Å². The van der Waals surface area contributed by atoms with E-state index in [9.17, 15) is 4.79 Å². The lowest BCUT2D eigenvalue weighted by molar-refractivity contribution is 0.197. The topological polar surface area (TPSA) is 87.0 Å². The zero-order chi connectivity index (χ0) is 29.1. The highest BCUT2D eigenvalue weighted by Crippen LogP contribution is 2.44. The molecule has 3 aromatic carbocycles. The van der Waals surface area contributed by atoms with Crippen LogP contribution >= 0.6 is 11.3 Å². The molecule has 1 aliphatic heterocycles. The largest absolute Gasteiger partial charge is 0.497 e. The van der Waals surface area contributed by atoms with Crippen molar-refractivity contribution in [2.45, 2.75) is 18.9 Å². The number of thiazole rings is 1. The van der Waals surface area contributed by atoms with E-state index in [2.05, 4.69) is 11.6 Å². The Morgan fingerprint density at radius 1 is 0.930 bits per heavy atom. The van der Waals surface area contributed by atoms with E-state index in [1.165, 1.54) is 11.3 Å². The molecule has 6 aromatic rings. The number of rotatable bonds is 5. The summed E-state index contributed by atoms with van der Waals surface area (Å²) < 4.78 is 12.3. The molecule has 3 aromatic heterocycles. The van der Waals surface area contributed by atoms with E-state index < -0.39 is 0 Å². The van der Waals surface area contributed by atoms with Crippen LogP contribution in [-0.2, 0) is 6.42 Å². The first kappa shape index (κ1) is 25.7. The second-order valence-electron chi connectivity index (χ2n) is 10.6. The highest BCUT2D eigenvalue weighted by atomic mass is 32.1. The number of ether oxygens (including phenoxy) is 2. The van der Waals surface area contributed by atoms with Crippen LogP contribution < -0.4 is 25.4 Å². The van der Waals surface area contributed by atoms with Crippen LogP contribution in [-0.4, -0.2) is 28.6 Å². The lowest BCUT2D eigenvalue weighted by Crippen LogP contribution is -2.21. The van der Waals surface area contributed by atoms with Gasteiger partial charge in [0.05, 0.1) is 30.2 Å². The van der Waals surface area contributed by atoms with Crippen molar-refractivity contribution < 1.29 is 14.3 Å². The van der Waals surface area contributed by atoms with Crippen LogP contribution in [0.1, 0.15) is 39.7 Å². The molecule has 0 saturated heterocycles. The van der Waals surface area contributed by atoms with Crippen LogP contribution in [0.2, 0.25) is 0 Å². The Hall–Kier alpha value is -4.99. The molecule has 212 valence electrons. The molecular formula is C34H26N4O4S. The number of aromatic nitrogens is 3. The number of allylic oxidation sites excluding steroid dienone is 1. The van der Waals surface area contributed by atoms with E-state index >= 15 is 0 Å². The van der Waals surface area contributed by atoms with Gasteiger partial charge in [0.15, 0.2) is 5.65 Å². The number of benzene rings is 3. The van der Waals surface area contributed by atoms with Gasteiger partial charge in [0.2, 0.25) is 10.8 Å². The number of nitrogens with one attached hydrogen (secondary N) is 1. The number of methoxy groups -OCH3 is 2. The minimum atomic E-state index is -0.193. The van der Waals surface area contributed by atoms with Crippen molar-refractivity contribution in [3.8, 4) is 28.5 Å². The Morgan fingerprint density at radius 3 is 2.37 bits per heavy atom. The standard InChI is InChI=1S/C34H26N4O4S/c1-40-23-13-8-19(9-14-23)18-22-12-17-25-26(20-10-15-24(41-2)16-11-20)27-31(35-28(22)25)36-34-38(32(27)39)33-30(43-34)29(37-42-33)21-6-4-3-5-7-21/h3-11,13-16,18,29,37H,12,17H2,1-2H3/b22-18+. The second kappa shape index (κ2) is 10.1. The van der Waals surface area contributed by atoms with Gasteiger partial charge in [-0.25, -0.2) is 9.38 Å². The van der Waals surface area contributed by atoms with Crippen molar-refractivity contribution in [1.82, 2.24) is 19.8 Å². The molecule has 0 radical (unpaired) electrons. The van der Waals surface area contributed by atoms with Gasteiger partial charge in [-0.2, -0.15) is 4.98 Å². The first-order valence-electron chi connectivity index (χ1n) is 14.0. The van der Waals surface area contributed by atoms with Gasteiger partial charge < -0.3 is 14.3 Å². The Bertz CT molecular complexity index is 2120. The van der Waals surface area contributed by atoms with Crippen LogP contribution in [0, 0.1) is 0 Å². The predicted molar refractivity (Wildman–Crippen MR) is 168 cm³/mol. The third-order valence-electron chi connectivity index (χ3n) is 8.16. The Kier molecular flexibility index (Phi) is 6.02. The van der Waals surface area contributed by atoms with Gasteiger partial charge in [-0.15, -0.1) is 5.48 Å². The van der Waals surface area contributed by atoms with E-state index in [1.54, 1.807) is 18.6 Å². The van der Waals surface area contributed by atoms with Crippen LogP contribution in [0.15, 0.2) is 83.7 Å². The van der Waals surface area contributed by atoms with Gasteiger partial charge >= 0.3 is 0 Å². The first-order valence-corrected chi connectivity index (χ1v) is 14.8. The molecule has 1 atom stereocenters. The maximum atomic E-state index is 14.4. The summed E-state index contributed by atoms with van der Waals surface area (Å²) in [6.07, 6.45) is 3.74. The summed E-state index contributed by atoms with van der Waals surface area (Å²) in [6.45, 7) is 0. The number of hydrogen-bond acceptors (Lipinski definition) is 8. The Labute approximate surface area is 250 Å². The van der Waals surface area contributed by atoms with Gasteiger partial charge in [0, 0.05) is 5.56 Å². The smallest absolute Gasteiger partial charge is 0.271 e. The van der Waals surface area contributed by atoms with Crippen LogP contribution in [0.5, 0.6) is 17.4 Å². The van der Waals surface area contributed by atoms with E-state index in [0.717, 1.165) is 68.3 Å². The molecule has 2 aliphatic rings. The van der Waals surface area contributed by atoms with E-state index in [1.807, 2.05) is 78.9 Å². The third kappa shape index (κ3) is 4.11. The molecular weight excluding hydrogens is 560 g/mol. The normalized spacial score (nSPS) is 16.4. The molecule has 4 heterocycles. The van der Waals surface area contributed by atoms with Gasteiger partial charge in [0.1, 0.15) is 17.5 Å². The van der Waals surface area contributed by atoms with Crippen LogP contribution in [0.25, 0.3) is 38.8 Å². The minimum Gasteiger partial charge on any atom is -0.497 e. The lowest BCUT2D eigenvalue weighted by Gasteiger charge is -2.13. The number of hydroxylamine groups is 1. The van der Waals surface area contributed by atoms with Crippen LogP contribution in [0.3, 0.4) is 0 Å². The van der Waals surface area contributed by atoms with Crippen molar-refractivity contribution >= 4 is 39.0 Å². The second-order valence-corrected chi connectivity index (χ2v) is 11.6. The maximum absolute atomic E-state index is 14.4. The highest BCUT2D eigenvalue weighted by Gasteiger charge is 2.34. The SMILES string of the molecule is COc1ccc(/C=C2\CCc3c2nc2nc4sc5c(n4c(=O)c2c3-c2ccc(OC)cc2)ONC5c2ccccc2)cc1. The maximum Gasteiger partial charge on any atom is 0.271 e. The molecule has 0 spiro atoms. The average Bonchev–Trinajstić information content (AvgIpc) is 3.75. The Balaban J connectivity index is 1.37. The van der Waals surface area contributed by atoms with Crippen LogP contribution in [0.4, 0.5) is 0 Å². The molecule has 43 heavy (non-hydrogen) atoms. The van der Waals surface area contributed by atoms with Crippen molar-refractivity contribution in [1.29, 1.82) is 0 Å². The lowest BCUT2D eigenvalue weighted by atomic mass is 9.96. The summed E-state index contributed by atoms with van der Waals surface area (Å²) in [6, 6.07) is 25.6. The first-order chi connectivity index (χ1) is 21.1. The number of pyridine rings is 1. The summed E-state index contributed by atoms with van der Waals surface area (Å²) in [5.41, 5.74) is 10.3. The quantitative estimate of drug-likeness (QED) is 0.248. The van der Waals surface area contributed by atoms with Crippen molar-refractivity contribution in [3.05, 3.63) is 116 Å². The minimum absolute atomic E-state index is 0.191. The third-order valence-corrected chi connectivity index (χ3v) is 9.24. The summed E-state index contributed by atoms with van der Waals surface area (Å²) in [7, 11) is 3.31. The fraction of sp³-hybridized carbons (Fsp3) is 0.147. The molecule has 8 rings (SSSR count). The summed E-state index contributed by atoms with van der Waals surface area (Å²) in [4.78, 5) is 31.9. The summed E-state index contributed by atoms with van der Waals surface area (Å²) >= 11 is 1.45. The van der Waals surface area contributed by atoms with E-state index in [-0.39, 0.29) is 11.6 Å². The zero-order valence-corrected chi connectivity index (χ0v) is 24.3. The van der Waals surface area contributed by atoms with Crippen molar-refractivity contribution in [3.63, 3.8) is 0 Å². The van der Waals surface area contributed by atoms with Crippen molar-refractivity contribution in [2.24, 2.45) is 0 Å². The molecule has 0 saturated carbocycles. The van der Waals surface area contributed by atoms with Gasteiger partial charge in [-0.05, 0) is 71.0 Å². The predicted octanol–water partition coefficient (Wildman–Crippen LogP) is 6.46. The summed E-state index contributed by atoms with van der Waals surface area (Å²) in [5, 5.41) is 0.486. The Morgan fingerprint density at radius 2 is 1.65 bits per heavy atom. The number of nitrogens with zero attached hydrogens (tertiary/aromatic N) is 3. The monoisotopic (exact) mass is 586 g/mol.